The lowest BCUT2D eigenvalue weighted by Crippen LogP contribution is -2.13. The van der Waals surface area contributed by atoms with Crippen LogP contribution in [0.25, 0.3) is 0 Å². The summed E-state index contributed by atoms with van der Waals surface area (Å²) in [6.07, 6.45) is -2.03. The van der Waals surface area contributed by atoms with Crippen molar-refractivity contribution in [2.24, 2.45) is 5.73 Å². The highest BCUT2D eigenvalue weighted by Gasteiger charge is 2.30. The second-order valence-corrected chi connectivity index (χ2v) is 5.13. The maximum atomic E-state index is 12.4. The van der Waals surface area contributed by atoms with Crippen LogP contribution in [0.2, 0.25) is 0 Å². The van der Waals surface area contributed by atoms with Gasteiger partial charge in [-0.15, -0.1) is 11.8 Å². The van der Waals surface area contributed by atoms with E-state index in [0.29, 0.717) is 16.5 Å². The van der Waals surface area contributed by atoms with Crippen molar-refractivity contribution in [1.29, 1.82) is 5.41 Å². The summed E-state index contributed by atoms with van der Waals surface area (Å²) in [6.45, 7) is 0. The van der Waals surface area contributed by atoms with Gasteiger partial charge in [0.15, 0.2) is 0 Å². The molecule has 0 aliphatic carbocycles. The van der Waals surface area contributed by atoms with E-state index in [9.17, 15) is 13.2 Å². The van der Waals surface area contributed by atoms with Crippen molar-refractivity contribution in [2.75, 3.05) is 0 Å². The number of nitrogen functional groups attached to an aromatic ring is 1. The van der Waals surface area contributed by atoms with E-state index in [1.165, 1.54) is 24.0 Å². The van der Waals surface area contributed by atoms with Crippen LogP contribution in [0.5, 0.6) is 0 Å². The number of alkyl halides is 3. The first-order chi connectivity index (χ1) is 9.86. The number of thioether (sulfide) groups is 1. The number of hydrogen-bond donors (Lipinski definition) is 2. The number of aromatic nitrogens is 2. The second kappa shape index (κ2) is 6.13. The van der Waals surface area contributed by atoms with E-state index in [0.717, 1.165) is 17.8 Å². The topological polar surface area (TPSA) is 75.7 Å². The minimum absolute atomic E-state index is 0.130. The third-order valence-electron chi connectivity index (χ3n) is 2.55. The molecule has 0 aromatic carbocycles. The molecule has 3 N–H and O–H groups in total. The summed E-state index contributed by atoms with van der Waals surface area (Å²) in [5.41, 5.74) is 5.81. The molecule has 0 fully saturated rings. The molecule has 2 aromatic heterocycles. The molecule has 0 aliphatic rings. The molecule has 2 heterocycles. The zero-order chi connectivity index (χ0) is 15.5. The lowest BCUT2D eigenvalue weighted by molar-refractivity contribution is -0.137. The number of rotatable bonds is 4. The molecular formula is C13H11F3N4S. The molecule has 0 saturated heterocycles. The van der Waals surface area contributed by atoms with Gasteiger partial charge in [-0.2, -0.15) is 13.2 Å². The molecule has 110 valence electrons. The third kappa shape index (κ3) is 4.19. The Balaban J connectivity index is 2.03. The molecule has 0 amide bonds. The maximum Gasteiger partial charge on any atom is 0.417 e. The van der Waals surface area contributed by atoms with Crippen LogP contribution in [0.15, 0.2) is 41.7 Å². The fraction of sp³-hybridized carbons (Fsp3) is 0.154. The highest BCUT2D eigenvalue weighted by Crippen LogP contribution is 2.30. The average Bonchev–Trinajstić information content (AvgIpc) is 2.45. The van der Waals surface area contributed by atoms with E-state index >= 15 is 0 Å². The van der Waals surface area contributed by atoms with Crippen LogP contribution >= 0.6 is 11.8 Å². The predicted molar refractivity (Wildman–Crippen MR) is 74.1 cm³/mol. The van der Waals surface area contributed by atoms with E-state index < -0.39 is 11.7 Å². The minimum atomic E-state index is -4.38. The largest absolute Gasteiger partial charge is 0.417 e. The monoisotopic (exact) mass is 312 g/mol. The Morgan fingerprint density at radius 3 is 2.57 bits per heavy atom. The van der Waals surface area contributed by atoms with E-state index in [1.807, 2.05) is 0 Å². The first-order valence-corrected chi connectivity index (χ1v) is 6.80. The van der Waals surface area contributed by atoms with Crippen molar-refractivity contribution in [3.05, 3.63) is 53.5 Å². The van der Waals surface area contributed by atoms with Crippen LogP contribution in [-0.4, -0.2) is 15.8 Å². The summed E-state index contributed by atoms with van der Waals surface area (Å²) in [5, 5.41) is 7.79. The molecule has 0 atom stereocenters. The summed E-state index contributed by atoms with van der Waals surface area (Å²) in [6, 6.07) is 5.76. The van der Waals surface area contributed by atoms with Crippen LogP contribution in [0.4, 0.5) is 13.2 Å². The highest BCUT2D eigenvalue weighted by atomic mass is 32.2. The van der Waals surface area contributed by atoms with Crippen molar-refractivity contribution in [2.45, 2.75) is 17.0 Å². The molecular weight excluding hydrogens is 301 g/mol. The summed E-state index contributed by atoms with van der Waals surface area (Å²) in [5.74, 6) is 0.371. The molecule has 0 bridgehead atoms. The smallest absolute Gasteiger partial charge is 0.382 e. The number of hydrogen-bond acceptors (Lipinski definition) is 4. The van der Waals surface area contributed by atoms with Crippen LogP contribution in [0.1, 0.15) is 16.8 Å². The maximum absolute atomic E-state index is 12.4. The molecule has 0 unspecified atom stereocenters. The van der Waals surface area contributed by atoms with Gasteiger partial charge in [-0.1, -0.05) is 0 Å². The summed E-state index contributed by atoms with van der Waals surface area (Å²) in [7, 11) is 0. The van der Waals surface area contributed by atoms with Gasteiger partial charge in [-0.25, -0.2) is 4.98 Å². The van der Waals surface area contributed by atoms with Gasteiger partial charge in [-0.05, 0) is 29.8 Å². The first-order valence-electron chi connectivity index (χ1n) is 5.81. The molecule has 0 aliphatic heterocycles. The van der Waals surface area contributed by atoms with Gasteiger partial charge in [0.1, 0.15) is 11.5 Å². The van der Waals surface area contributed by atoms with Crippen molar-refractivity contribution < 1.29 is 13.2 Å². The minimum Gasteiger partial charge on any atom is -0.382 e. The van der Waals surface area contributed by atoms with Crippen molar-refractivity contribution in [3.8, 4) is 0 Å². The Hall–Kier alpha value is -2.09. The van der Waals surface area contributed by atoms with Crippen molar-refractivity contribution in [3.63, 3.8) is 0 Å². The summed E-state index contributed by atoms with van der Waals surface area (Å²) >= 11 is 1.30. The fourth-order valence-corrected chi connectivity index (χ4v) is 2.29. The summed E-state index contributed by atoms with van der Waals surface area (Å²) < 4.78 is 37.2. The van der Waals surface area contributed by atoms with Gasteiger partial charge in [0.2, 0.25) is 0 Å². The van der Waals surface area contributed by atoms with Crippen molar-refractivity contribution >= 4 is 17.6 Å². The van der Waals surface area contributed by atoms with Crippen LogP contribution in [0, 0.1) is 5.41 Å². The van der Waals surface area contributed by atoms with Gasteiger partial charge in [-0.3, -0.25) is 10.4 Å². The van der Waals surface area contributed by atoms with Gasteiger partial charge in [0, 0.05) is 18.1 Å². The molecule has 2 rings (SSSR count). The number of amidine groups is 1. The molecule has 4 nitrogen and oxygen atoms in total. The zero-order valence-electron chi connectivity index (χ0n) is 10.7. The molecule has 21 heavy (non-hydrogen) atoms. The van der Waals surface area contributed by atoms with Crippen molar-refractivity contribution in [1.82, 2.24) is 9.97 Å². The lowest BCUT2D eigenvalue weighted by atomic mass is 10.2. The SMILES string of the molecule is N=C(N)c1cc(CSc2ccc(C(F)(F)F)cn2)ccn1. The molecule has 8 heteroatoms. The quantitative estimate of drug-likeness (QED) is 0.517. The molecule has 0 saturated carbocycles. The Labute approximate surface area is 123 Å². The van der Waals surface area contributed by atoms with Crippen LogP contribution in [0.3, 0.4) is 0 Å². The summed E-state index contributed by atoms with van der Waals surface area (Å²) in [4.78, 5) is 7.71. The van der Waals surface area contributed by atoms with Gasteiger partial charge in [0.05, 0.1) is 10.6 Å². The van der Waals surface area contributed by atoms with Gasteiger partial charge >= 0.3 is 6.18 Å². The molecule has 0 spiro atoms. The Kier molecular flexibility index (Phi) is 4.46. The van der Waals surface area contributed by atoms with E-state index in [-0.39, 0.29) is 5.84 Å². The number of nitrogens with zero attached hydrogens (tertiary/aromatic N) is 2. The number of nitrogens with one attached hydrogen (secondary N) is 1. The molecule has 2 aromatic rings. The average molecular weight is 312 g/mol. The van der Waals surface area contributed by atoms with Crippen LogP contribution < -0.4 is 5.73 Å². The van der Waals surface area contributed by atoms with E-state index in [2.05, 4.69) is 9.97 Å². The standard InChI is InChI=1S/C13H11F3N4S/c14-13(15,16)9-1-2-11(20-6-9)21-7-8-3-4-19-10(5-8)12(17)18/h1-6H,7H2,(H3,17,18). The van der Waals surface area contributed by atoms with E-state index in [4.69, 9.17) is 11.1 Å². The zero-order valence-corrected chi connectivity index (χ0v) is 11.5. The Morgan fingerprint density at radius 1 is 1.24 bits per heavy atom. The van der Waals surface area contributed by atoms with E-state index in [1.54, 1.807) is 12.1 Å². The normalized spacial score (nSPS) is 11.4. The van der Waals surface area contributed by atoms with Gasteiger partial charge in [0.25, 0.3) is 0 Å². The Bertz CT molecular complexity index is 641. The molecule has 0 radical (unpaired) electrons. The number of nitrogens with two attached hydrogens (primary N) is 1. The first kappa shape index (κ1) is 15.3. The second-order valence-electron chi connectivity index (χ2n) is 4.13. The third-order valence-corrected chi connectivity index (χ3v) is 3.57. The Morgan fingerprint density at radius 2 is 2.00 bits per heavy atom. The highest BCUT2D eigenvalue weighted by molar-refractivity contribution is 7.98. The number of halogens is 3. The lowest BCUT2D eigenvalue weighted by Gasteiger charge is -2.07. The fourth-order valence-electron chi connectivity index (χ4n) is 1.50. The number of pyridine rings is 2. The van der Waals surface area contributed by atoms with Gasteiger partial charge < -0.3 is 5.73 Å². The predicted octanol–water partition coefficient (Wildman–Crippen LogP) is 3.07. The van der Waals surface area contributed by atoms with Crippen LogP contribution in [-0.2, 0) is 11.9 Å².